The maximum absolute atomic E-state index is 13.4. The van der Waals surface area contributed by atoms with Crippen molar-refractivity contribution in [2.75, 3.05) is 19.0 Å². The first-order valence-corrected chi connectivity index (χ1v) is 12.1. The highest BCUT2D eigenvalue weighted by Crippen LogP contribution is 2.40. The molecule has 3 amide bonds. The Morgan fingerprint density at radius 1 is 1.23 bits per heavy atom. The number of carbonyl (C=O) groups excluding carboxylic acids is 3. The summed E-state index contributed by atoms with van der Waals surface area (Å²) in [6, 6.07) is 9.40. The van der Waals surface area contributed by atoms with Crippen LogP contribution >= 0.6 is 11.3 Å². The van der Waals surface area contributed by atoms with Gasteiger partial charge in [-0.05, 0) is 42.9 Å². The Bertz CT molecular complexity index is 1250. The van der Waals surface area contributed by atoms with Gasteiger partial charge in [0.2, 0.25) is 5.88 Å². The van der Waals surface area contributed by atoms with Gasteiger partial charge in [-0.15, -0.1) is 11.3 Å². The van der Waals surface area contributed by atoms with E-state index in [1.54, 1.807) is 21.7 Å². The number of likely N-dealkylation sites (tertiary alicyclic amines) is 1. The number of thiazole rings is 1. The lowest BCUT2D eigenvalue weighted by molar-refractivity contribution is -0.150. The number of primary amides is 1. The van der Waals surface area contributed by atoms with Crippen LogP contribution in [0.25, 0.3) is 10.4 Å². The predicted molar refractivity (Wildman–Crippen MR) is 133 cm³/mol. The maximum Gasteiger partial charge on any atom is 0.313 e. The standard InChI is InChI=1S/C25H27N5O4S/c1-15-8-9-25(2,17-6-4-16(5-7-17)20-12-27-14-35-20)30(13-15)24(33)22(32)29-18-10-19(21(26)31)23(34-3)28-11-18/h4-7,10-12,14-15H,8-9,13H2,1-3H3,(H2,26,31)(H,29,32)/t15-,25-/m0/s1. The van der Waals surface area contributed by atoms with E-state index in [-0.39, 0.29) is 23.0 Å². The zero-order valence-electron chi connectivity index (χ0n) is 19.8. The van der Waals surface area contributed by atoms with E-state index in [9.17, 15) is 14.4 Å². The van der Waals surface area contributed by atoms with Gasteiger partial charge in [0.05, 0.1) is 34.9 Å². The van der Waals surface area contributed by atoms with Crippen LogP contribution in [0.2, 0.25) is 0 Å². The molecule has 0 bridgehead atoms. The van der Waals surface area contributed by atoms with Crippen LogP contribution in [-0.2, 0) is 15.1 Å². The molecule has 182 valence electrons. The van der Waals surface area contributed by atoms with Gasteiger partial charge < -0.3 is 20.7 Å². The van der Waals surface area contributed by atoms with E-state index < -0.39 is 23.3 Å². The SMILES string of the molecule is COc1ncc(NC(=O)C(=O)N2C[C@@H](C)CC[C@@]2(C)c2ccc(-c3cncs3)cc2)cc1C(N)=O. The zero-order valence-corrected chi connectivity index (χ0v) is 20.6. The highest BCUT2D eigenvalue weighted by atomic mass is 32.1. The minimum absolute atomic E-state index is 0.00946. The van der Waals surface area contributed by atoms with E-state index in [4.69, 9.17) is 10.5 Å². The maximum atomic E-state index is 13.4. The number of nitrogens with zero attached hydrogens (tertiary/aromatic N) is 3. The molecule has 10 heteroatoms. The normalized spacial score (nSPS) is 19.7. The zero-order chi connectivity index (χ0) is 25.2. The van der Waals surface area contributed by atoms with E-state index >= 15 is 0 Å². The molecule has 1 fully saturated rings. The number of amides is 3. The molecule has 2 aromatic heterocycles. The molecular weight excluding hydrogens is 466 g/mol. The van der Waals surface area contributed by atoms with Crippen LogP contribution in [0.15, 0.2) is 48.2 Å². The molecule has 9 nitrogen and oxygen atoms in total. The van der Waals surface area contributed by atoms with E-state index in [0.29, 0.717) is 6.54 Å². The van der Waals surface area contributed by atoms with Gasteiger partial charge in [-0.3, -0.25) is 19.4 Å². The third-order valence-corrected chi connectivity index (χ3v) is 7.27. The van der Waals surface area contributed by atoms with Gasteiger partial charge >= 0.3 is 11.8 Å². The van der Waals surface area contributed by atoms with Crippen LogP contribution < -0.4 is 15.8 Å². The fourth-order valence-electron chi connectivity index (χ4n) is 4.39. The first-order chi connectivity index (χ1) is 16.7. The van der Waals surface area contributed by atoms with Gasteiger partial charge in [-0.2, -0.15) is 0 Å². The van der Waals surface area contributed by atoms with E-state index in [1.165, 1.54) is 19.4 Å². The van der Waals surface area contributed by atoms with Crippen molar-refractivity contribution < 1.29 is 19.1 Å². The van der Waals surface area contributed by atoms with Gasteiger partial charge in [-0.1, -0.05) is 31.2 Å². The fraction of sp³-hybridized carbons (Fsp3) is 0.320. The van der Waals surface area contributed by atoms with Crippen molar-refractivity contribution in [3.8, 4) is 16.3 Å². The monoisotopic (exact) mass is 493 g/mol. The molecule has 0 aliphatic carbocycles. The van der Waals surface area contributed by atoms with Crippen molar-refractivity contribution in [3.05, 3.63) is 59.4 Å². The van der Waals surface area contributed by atoms with Crippen molar-refractivity contribution in [1.82, 2.24) is 14.9 Å². The summed E-state index contributed by atoms with van der Waals surface area (Å²) < 4.78 is 5.03. The molecule has 2 atom stereocenters. The second-order valence-corrected chi connectivity index (χ2v) is 9.76. The number of hydrogen-bond donors (Lipinski definition) is 2. The topological polar surface area (TPSA) is 128 Å². The third-order valence-electron chi connectivity index (χ3n) is 6.44. The Morgan fingerprint density at radius 3 is 2.60 bits per heavy atom. The second-order valence-electron chi connectivity index (χ2n) is 8.88. The average molecular weight is 494 g/mol. The lowest BCUT2D eigenvalue weighted by Gasteiger charge is -2.47. The van der Waals surface area contributed by atoms with Crippen LogP contribution in [0.3, 0.4) is 0 Å². The quantitative estimate of drug-likeness (QED) is 0.524. The van der Waals surface area contributed by atoms with Gasteiger partial charge in [0.25, 0.3) is 5.91 Å². The Morgan fingerprint density at radius 2 is 1.97 bits per heavy atom. The molecule has 0 unspecified atom stereocenters. The van der Waals surface area contributed by atoms with Crippen LogP contribution in [-0.4, -0.2) is 46.2 Å². The van der Waals surface area contributed by atoms with E-state index in [2.05, 4.69) is 22.2 Å². The molecule has 3 N–H and O–H groups in total. The highest BCUT2D eigenvalue weighted by molar-refractivity contribution is 7.13. The van der Waals surface area contributed by atoms with Crippen molar-refractivity contribution in [3.63, 3.8) is 0 Å². The first-order valence-electron chi connectivity index (χ1n) is 11.2. The summed E-state index contributed by atoms with van der Waals surface area (Å²) in [7, 11) is 1.36. The summed E-state index contributed by atoms with van der Waals surface area (Å²) >= 11 is 1.56. The van der Waals surface area contributed by atoms with Crippen LogP contribution in [0.5, 0.6) is 5.88 Å². The van der Waals surface area contributed by atoms with Crippen molar-refractivity contribution in [2.45, 2.75) is 32.2 Å². The average Bonchev–Trinajstić information content (AvgIpc) is 3.40. The van der Waals surface area contributed by atoms with Gasteiger partial charge in [-0.25, -0.2) is 4.98 Å². The van der Waals surface area contributed by atoms with Crippen LogP contribution in [0.4, 0.5) is 5.69 Å². The molecule has 1 aliphatic heterocycles. The lowest BCUT2D eigenvalue weighted by Crippen LogP contribution is -2.55. The number of methoxy groups -OCH3 is 1. The number of hydrogen-bond acceptors (Lipinski definition) is 7. The Kier molecular flexibility index (Phi) is 6.83. The minimum Gasteiger partial charge on any atom is -0.480 e. The number of carbonyl (C=O) groups is 3. The molecule has 1 saturated heterocycles. The number of anilines is 1. The number of ether oxygens (including phenoxy) is 1. The number of aromatic nitrogens is 2. The summed E-state index contributed by atoms with van der Waals surface area (Å²) in [5.74, 6) is -1.92. The molecule has 1 aromatic carbocycles. The minimum atomic E-state index is -0.811. The summed E-state index contributed by atoms with van der Waals surface area (Å²) in [5.41, 5.74) is 8.71. The molecule has 4 rings (SSSR count). The van der Waals surface area contributed by atoms with E-state index in [0.717, 1.165) is 28.8 Å². The predicted octanol–water partition coefficient (Wildman–Crippen LogP) is 3.43. The number of piperidine rings is 1. The summed E-state index contributed by atoms with van der Waals surface area (Å²) in [5, 5.41) is 2.56. The lowest BCUT2D eigenvalue weighted by atomic mass is 9.78. The molecular formula is C25H27N5O4S. The third kappa shape index (κ3) is 4.88. The highest BCUT2D eigenvalue weighted by Gasteiger charge is 2.43. The summed E-state index contributed by atoms with van der Waals surface area (Å²) in [6.07, 6.45) is 4.79. The van der Waals surface area contributed by atoms with Crippen LogP contribution in [0.1, 0.15) is 42.6 Å². The van der Waals surface area contributed by atoms with Crippen molar-refractivity contribution in [1.29, 1.82) is 0 Å². The van der Waals surface area contributed by atoms with Gasteiger partial charge in [0.15, 0.2) is 0 Å². The number of pyridine rings is 1. The molecule has 3 aromatic rings. The Labute approximate surface area is 207 Å². The number of nitrogens with two attached hydrogens (primary N) is 1. The molecule has 0 spiro atoms. The number of nitrogens with one attached hydrogen (secondary N) is 1. The molecule has 0 saturated carbocycles. The Balaban J connectivity index is 1.58. The number of benzene rings is 1. The number of rotatable bonds is 5. The molecule has 0 radical (unpaired) electrons. The van der Waals surface area contributed by atoms with Crippen molar-refractivity contribution >= 4 is 34.7 Å². The molecule has 35 heavy (non-hydrogen) atoms. The van der Waals surface area contributed by atoms with Gasteiger partial charge in [0.1, 0.15) is 5.56 Å². The second kappa shape index (κ2) is 9.83. The summed E-state index contributed by atoms with van der Waals surface area (Å²) in [6.45, 7) is 4.51. The molecule has 1 aliphatic rings. The van der Waals surface area contributed by atoms with Crippen molar-refractivity contribution in [2.24, 2.45) is 11.7 Å². The van der Waals surface area contributed by atoms with Crippen LogP contribution in [0, 0.1) is 5.92 Å². The smallest absolute Gasteiger partial charge is 0.313 e. The van der Waals surface area contributed by atoms with E-state index in [1.807, 2.05) is 37.4 Å². The van der Waals surface area contributed by atoms with Gasteiger partial charge in [0, 0.05) is 12.7 Å². The first kappa shape index (κ1) is 24.3. The summed E-state index contributed by atoms with van der Waals surface area (Å²) in [4.78, 5) is 48.9. The largest absolute Gasteiger partial charge is 0.480 e. The molecule has 3 heterocycles. The Hall–Kier alpha value is -3.79. The fourth-order valence-corrected chi connectivity index (χ4v) is 5.02.